The van der Waals surface area contributed by atoms with Crippen LogP contribution in [0.1, 0.15) is 5.56 Å². The lowest BCUT2D eigenvalue weighted by Crippen LogP contribution is -2.01. The molecule has 0 aliphatic heterocycles. The summed E-state index contributed by atoms with van der Waals surface area (Å²) in [5.41, 5.74) is 2.16. The van der Waals surface area contributed by atoms with Crippen LogP contribution in [0, 0.1) is 0 Å². The first-order chi connectivity index (χ1) is 9.29. The van der Waals surface area contributed by atoms with Crippen LogP contribution in [-0.4, -0.2) is 11.6 Å². The molecule has 0 radical (unpaired) electrons. The maximum absolute atomic E-state index is 5.44. The maximum atomic E-state index is 5.44. The molecule has 98 valence electrons. The minimum atomic E-state index is 0.528. The summed E-state index contributed by atoms with van der Waals surface area (Å²) in [4.78, 5) is 4.16. The highest BCUT2D eigenvalue weighted by atomic mass is 79.9. The van der Waals surface area contributed by atoms with Gasteiger partial charge in [0.1, 0.15) is 17.0 Å². The standard InChI is InChI=1S/C15H15BrN2O/c1-2-10-19-13-7-5-12(6-8-13)11-18-14-4-3-9-17-15(14)16/h2-9,18H,1,10-11H2. The van der Waals surface area contributed by atoms with Gasteiger partial charge in [-0.15, -0.1) is 0 Å². The molecule has 2 aromatic rings. The summed E-state index contributed by atoms with van der Waals surface area (Å²) in [6, 6.07) is 11.9. The summed E-state index contributed by atoms with van der Waals surface area (Å²) in [6.45, 7) is 4.89. The fraction of sp³-hybridized carbons (Fsp3) is 0.133. The van der Waals surface area contributed by atoms with Crippen LogP contribution in [0.4, 0.5) is 5.69 Å². The second kappa shape index (κ2) is 6.95. The monoisotopic (exact) mass is 318 g/mol. The first-order valence-corrected chi connectivity index (χ1v) is 6.76. The normalized spacial score (nSPS) is 9.95. The van der Waals surface area contributed by atoms with Crippen LogP contribution in [-0.2, 0) is 6.54 Å². The highest BCUT2D eigenvalue weighted by Gasteiger charge is 1.99. The lowest BCUT2D eigenvalue weighted by molar-refractivity contribution is 0.363. The highest BCUT2D eigenvalue weighted by Crippen LogP contribution is 2.19. The summed E-state index contributed by atoms with van der Waals surface area (Å²) in [5, 5.41) is 3.33. The predicted octanol–water partition coefficient (Wildman–Crippen LogP) is 4.02. The van der Waals surface area contributed by atoms with Crippen molar-refractivity contribution in [1.82, 2.24) is 4.98 Å². The van der Waals surface area contributed by atoms with Crippen molar-refractivity contribution in [3.63, 3.8) is 0 Å². The molecule has 0 fully saturated rings. The van der Waals surface area contributed by atoms with Crippen LogP contribution in [0.15, 0.2) is 59.9 Å². The molecule has 2 rings (SSSR count). The predicted molar refractivity (Wildman–Crippen MR) is 81.4 cm³/mol. The number of rotatable bonds is 6. The summed E-state index contributed by atoms with van der Waals surface area (Å²) >= 11 is 3.41. The van der Waals surface area contributed by atoms with Crippen molar-refractivity contribution < 1.29 is 4.74 Å². The van der Waals surface area contributed by atoms with E-state index in [2.05, 4.69) is 32.8 Å². The van der Waals surface area contributed by atoms with E-state index in [4.69, 9.17) is 4.74 Å². The lowest BCUT2D eigenvalue weighted by atomic mass is 10.2. The van der Waals surface area contributed by atoms with Crippen LogP contribution >= 0.6 is 15.9 Å². The van der Waals surface area contributed by atoms with E-state index in [1.807, 2.05) is 36.4 Å². The molecule has 1 aromatic carbocycles. The Labute approximate surface area is 121 Å². The van der Waals surface area contributed by atoms with Gasteiger partial charge in [-0.2, -0.15) is 0 Å². The van der Waals surface area contributed by atoms with Crippen molar-refractivity contribution >= 4 is 21.6 Å². The Morgan fingerprint density at radius 1 is 1.26 bits per heavy atom. The molecular weight excluding hydrogens is 304 g/mol. The van der Waals surface area contributed by atoms with E-state index in [0.29, 0.717) is 6.61 Å². The van der Waals surface area contributed by atoms with E-state index in [0.717, 1.165) is 22.6 Å². The molecule has 0 spiro atoms. The van der Waals surface area contributed by atoms with Crippen LogP contribution in [0.2, 0.25) is 0 Å². The number of benzene rings is 1. The number of hydrogen-bond acceptors (Lipinski definition) is 3. The second-order valence-corrected chi connectivity index (χ2v) is 4.69. The second-order valence-electron chi connectivity index (χ2n) is 3.94. The zero-order valence-corrected chi connectivity index (χ0v) is 12.1. The number of pyridine rings is 1. The average Bonchev–Trinajstić information content (AvgIpc) is 2.45. The number of hydrogen-bond donors (Lipinski definition) is 1. The van der Waals surface area contributed by atoms with Gasteiger partial charge in [0.05, 0.1) is 5.69 Å². The SMILES string of the molecule is C=CCOc1ccc(CNc2cccnc2Br)cc1. The van der Waals surface area contributed by atoms with Gasteiger partial charge >= 0.3 is 0 Å². The van der Waals surface area contributed by atoms with Crippen molar-refractivity contribution in [3.8, 4) is 5.75 Å². The van der Waals surface area contributed by atoms with E-state index in [9.17, 15) is 0 Å². The summed E-state index contributed by atoms with van der Waals surface area (Å²) in [7, 11) is 0. The van der Waals surface area contributed by atoms with Crippen molar-refractivity contribution in [1.29, 1.82) is 0 Å². The first kappa shape index (κ1) is 13.6. The Hall–Kier alpha value is -1.81. The first-order valence-electron chi connectivity index (χ1n) is 5.96. The zero-order chi connectivity index (χ0) is 13.5. The third-order valence-electron chi connectivity index (χ3n) is 2.53. The zero-order valence-electron chi connectivity index (χ0n) is 10.5. The topological polar surface area (TPSA) is 34.1 Å². The Morgan fingerprint density at radius 2 is 2.05 bits per heavy atom. The fourth-order valence-electron chi connectivity index (χ4n) is 1.57. The van der Waals surface area contributed by atoms with Gasteiger partial charge in [-0.1, -0.05) is 24.8 Å². The molecule has 0 amide bonds. The fourth-order valence-corrected chi connectivity index (χ4v) is 1.96. The quantitative estimate of drug-likeness (QED) is 0.645. The van der Waals surface area contributed by atoms with E-state index in [-0.39, 0.29) is 0 Å². The van der Waals surface area contributed by atoms with Crippen molar-refractivity contribution in [3.05, 3.63) is 65.4 Å². The number of ether oxygens (including phenoxy) is 1. The minimum Gasteiger partial charge on any atom is -0.490 e. The van der Waals surface area contributed by atoms with Crippen LogP contribution in [0.5, 0.6) is 5.75 Å². The molecule has 1 heterocycles. The number of nitrogens with zero attached hydrogens (tertiary/aromatic N) is 1. The van der Waals surface area contributed by atoms with E-state index in [1.165, 1.54) is 5.56 Å². The number of nitrogens with one attached hydrogen (secondary N) is 1. The Morgan fingerprint density at radius 3 is 2.74 bits per heavy atom. The third-order valence-corrected chi connectivity index (χ3v) is 3.17. The van der Waals surface area contributed by atoms with Crippen molar-refractivity contribution in [2.45, 2.75) is 6.54 Å². The number of halogens is 1. The van der Waals surface area contributed by atoms with Gasteiger partial charge in [-0.3, -0.25) is 0 Å². The van der Waals surface area contributed by atoms with Gasteiger partial charge in [0.15, 0.2) is 0 Å². The summed E-state index contributed by atoms with van der Waals surface area (Å²) in [6.07, 6.45) is 3.48. The molecule has 1 N–H and O–H groups in total. The van der Waals surface area contributed by atoms with Gasteiger partial charge in [0.25, 0.3) is 0 Å². The number of aromatic nitrogens is 1. The van der Waals surface area contributed by atoms with Gasteiger partial charge in [0, 0.05) is 12.7 Å². The van der Waals surface area contributed by atoms with Gasteiger partial charge in [-0.05, 0) is 45.8 Å². The maximum Gasteiger partial charge on any atom is 0.129 e. The average molecular weight is 319 g/mol. The smallest absolute Gasteiger partial charge is 0.129 e. The van der Waals surface area contributed by atoms with E-state index >= 15 is 0 Å². The van der Waals surface area contributed by atoms with Crippen LogP contribution in [0.3, 0.4) is 0 Å². The van der Waals surface area contributed by atoms with E-state index < -0.39 is 0 Å². The summed E-state index contributed by atoms with van der Waals surface area (Å²) in [5.74, 6) is 0.853. The van der Waals surface area contributed by atoms with Crippen LogP contribution < -0.4 is 10.1 Å². The molecule has 0 aliphatic carbocycles. The summed E-state index contributed by atoms with van der Waals surface area (Å²) < 4.78 is 6.26. The molecule has 0 saturated heterocycles. The minimum absolute atomic E-state index is 0.528. The molecule has 1 aromatic heterocycles. The largest absolute Gasteiger partial charge is 0.490 e. The number of anilines is 1. The Kier molecular flexibility index (Phi) is 4.98. The molecule has 0 saturated carbocycles. The highest BCUT2D eigenvalue weighted by molar-refractivity contribution is 9.10. The van der Waals surface area contributed by atoms with Gasteiger partial charge in [-0.25, -0.2) is 4.98 Å². The third kappa shape index (κ3) is 4.10. The molecular formula is C15H15BrN2O. The van der Waals surface area contributed by atoms with Crippen molar-refractivity contribution in [2.24, 2.45) is 0 Å². The van der Waals surface area contributed by atoms with Crippen molar-refractivity contribution in [2.75, 3.05) is 11.9 Å². The molecule has 4 heteroatoms. The molecule has 0 atom stereocenters. The Bertz CT molecular complexity index is 540. The lowest BCUT2D eigenvalue weighted by Gasteiger charge is -2.08. The molecule has 3 nitrogen and oxygen atoms in total. The van der Waals surface area contributed by atoms with Crippen LogP contribution in [0.25, 0.3) is 0 Å². The molecule has 0 unspecified atom stereocenters. The molecule has 0 bridgehead atoms. The van der Waals surface area contributed by atoms with Gasteiger partial charge in [0.2, 0.25) is 0 Å². The molecule has 0 aliphatic rings. The Balaban J connectivity index is 1.93. The molecule has 19 heavy (non-hydrogen) atoms. The van der Waals surface area contributed by atoms with E-state index in [1.54, 1.807) is 12.3 Å². The van der Waals surface area contributed by atoms with Gasteiger partial charge < -0.3 is 10.1 Å².